The molecule has 1 atom stereocenters. The molecule has 0 bridgehead atoms. The summed E-state index contributed by atoms with van der Waals surface area (Å²) in [5, 5.41) is 19.8. The third kappa shape index (κ3) is 3.48. The molecule has 2 aromatic rings. The van der Waals surface area contributed by atoms with Gasteiger partial charge in [-0.05, 0) is 24.3 Å². The zero-order valence-electron chi connectivity index (χ0n) is 10.4. The van der Waals surface area contributed by atoms with E-state index >= 15 is 0 Å². The molecule has 0 amide bonds. The molecule has 0 aliphatic heterocycles. The van der Waals surface area contributed by atoms with Crippen LogP contribution in [0.3, 0.4) is 0 Å². The second-order valence-corrected chi connectivity index (χ2v) is 4.17. The van der Waals surface area contributed by atoms with Crippen LogP contribution in [0.2, 0.25) is 0 Å². The summed E-state index contributed by atoms with van der Waals surface area (Å²) < 4.78 is 0. The highest BCUT2D eigenvalue weighted by atomic mass is 16.4. The van der Waals surface area contributed by atoms with Gasteiger partial charge in [0.2, 0.25) is 0 Å². The molecule has 0 saturated heterocycles. The van der Waals surface area contributed by atoms with E-state index in [1.807, 2.05) is 18.2 Å². The number of carboxylic acids is 1. The van der Waals surface area contributed by atoms with Gasteiger partial charge >= 0.3 is 5.97 Å². The van der Waals surface area contributed by atoms with Crippen molar-refractivity contribution in [1.82, 2.24) is 15.2 Å². The highest BCUT2D eigenvalue weighted by molar-refractivity contribution is 5.70. The number of nitrogens with zero attached hydrogens (tertiary/aromatic N) is 3. The molecule has 0 aliphatic carbocycles. The summed E-state index contributed by atoms with van der Waals surface area (Å²) in [6.45, 7) is 1.95. The van der Waals surface area contributed by atoms with Gasteiger partial charge in [0.25, 0.3) is 0 Å². The van der Waals surface area contributed by atoms with Gasteiger partial charge < -0.3 is 10.4 Å². The standard InChI is InChI=1S/C13H14N4O2/c1-9(13(18)19)7-15-12-5-4-11(16-17-12)10-3-2-6-14-8-10/h2-6,8-9H,7H2,1H3,(H,15,17)(H,18,19). The molecule has 0 radical (unpaired) electrons. The topological polar surface area (TPSA) is 88.0 Å². The van der Waals surface area contributed by atoms with Gasteiger partial charge in [-0.25, -0.2) is 0 Å². The predicted octanol–water partition coefficient (Wildman–Crippen LogP) is 1.67. The zero-order valence-corrected chi connectivity index (χ0v) is 10.4. The number of aromatic nitrogens is 3. The van der Waals surface area contributed by atoms with Crippen LogP contribution in [-0.4, -0.2) is 32.8 Å². The molecular formula is C13H14N4O2. The van der Waals surface area contributed by atoms with Crippen molar-refractivity contribution in [3.8, 4) is 11.3 Å². The van der Waals surface area contributed by atoms with Crippen LogP contribution in [0, 0.1) is 5.92 Å². The van der Waals surface area contributed by atoms with Crippen molar-refractivity contribution in [3.05, 3.63) is 36.7 Å². The van der Waals surface area contributed by atoms with Gasteiger partial charge in [0.15, 0.2) is 0 Å². The molecule has 1 unspecified atom stereocenters. The van der Waals surface area contributed by atoms with Crippen LogP contribution in [0.4, 0.5) is 5.82 Å². The van der Waals surface area contributed by atoms with Crippen molar-refractivity contribution in [2.75, 3.05) is 11.9 Å². The molecule has 2 heterocycles. The maximum atomic E-state index is 10.7. The molecule has 0 spiro atoms. The molecule has 19 heavy (non-hydrogen) atoms. The monoisotopic (exact) mass is 258 g/mol. The average molecular weight is 258 g/mol. The molecule has 2 aromatic heterocycles. The molecule has 98 valence electrons. The summed E-state index contributed by atoms with van der Waals surface area (Å²) in [6, 6.07) is 7.32. The number of pyridine rings is 1. The Kier molecular flexibility index (Phi) is 4.02. The fourth-order valence-corrected chi connectivity index (χ4v) is 1.44. The first-order valence-corrected chi connectivity index (χ1v) is 5.87. The fourth-order valence-electron chi connectivity index (χ4n) is 1.44. The molecule has 2 N–H and O–H groups in total. The van der Waals surface area contributed by atoms with Gasteiger partial charge in [0, 0.05) is 24.5 Å². The van der Waals surface area contributed by atoms with E-state index in [9.17, 15) is 4.79 Å². The van der Waals surface area contributed by atoms with E-state index in [0.29, 0.717) is 12.4 Å². The second kappa shape index (κ2) is 5.90. The van der Waals surface area contributed by atoms with Gasteiger partial charge in [0.05, 0.1) is 11.6 Å². The van der Waals surface area contributed by atoms with Crippen molar-refractivity contribution < 1.29 is 9.90 Å². The molecule has 0 aliphatic rings. The minimum Gasteiger partial charge on any atom is -0.481 e. The maximum absolute atomic E-state index is 10.7. The minimum absolute atomic E-state index is 0.316. The highest BCUT2D eigenvalue weighted by Crippen LogP contribution is 2.15. The van der Waals surface area contributed by atoms with E-state index in [2.05, 4.69) is 20.5 Å². The second-order valence-electron chi connectivity index (χ2n) is 4.17. The summed E-state index contributed by atoms with van der Waals surface area (Å²) in [6.07, 6.45) is 3.41. The molecule has 0 saturated carbocycles. The van der Waals surface area contributed by atoms with Crippen molar-refractivity contribution >= 4 is 11.8 Å². The molecule has 0 aromatic carbocycles. The summed E-state index contributed by atoms with van der Waals surface area (Å²) in [7, 11) is 0. The SMILES string of the molecule is CC(CNc1ccc(-c2cccnc2)nn1)C(=O)O. The summed E-state index contributed by atoms with van der Waals surface area (Å²) in [5.41, 5.74) is 1.62. The maximum Gasteiger partial charge on any atom is 0.308 e. The fraction of sp³-hybridized carbons (Fsp3) is 0.231. The Morgan fingerprint density at radius 2 is 2.21 bits per heavy atom. The number of aliphatic carboxylic acids is 1. The number of anilines is 1. The molecule has 2 rings (SSSR count). The normalized spacial score (nSPS) is 11.8. The van der Waals surface area contributed by atoms with Crippen molar-refractivity contribution in [3.63, 3.8) is 0 Å². The van der Waals surface area contributed by atoms with Crippen molar-refractivity contribution in [1.29, 1.82) is 0 Å². The van der Waals surface area contributed by atoms with Crippen LogP contribution in [0.25, 0.3) is 11.3 Å². The van der Waals surface area contributed by atoms with Gasteiger partial charge in [0.1, 0.15) is 5.82 Å². The zero-order chi connectivity index (χ0) is 13.7. The number of hydrogen-bond donors (Lipinski definition) is 2. The van der Waals surface area contributed by atoms with Crippen LogP contribution < -0.4 is 5.32 Å². The Morgan fingerprint density at radius 3 is 2.79 bits per heavy atom. The Labute approximate surface area is 110 Å². The quantitative estimate of drug-likeness (QED) is 0.848. The first kappa shape index (κ1) is 12.9. The number of rotatable bonds is 5. The largest absolute Gasteiger partial charge is 0.481 e. The van der Waals surface area contributed by atoms with E-state index in [0.717, 1.165) is 11.3 Å². The number of hydrogen-bond acceptors (Lipinski definition) is 5. The molecular weight excluding hydrogens is 244 g/mol. The third-order valence-corrected chi connectivity index (χ3v) is 2.63. The first-order valence-electron chi connectivity index (χ1n) is 5.87. The van der Waals surface area contributed by atoms with Crippen LogP contribution in [0.5, 0.6) is 0 Å². The number of carboxylic acid groups (broad SMARTS) is 1. The Balaban J connectivity index is 2.01. The van der Waals surface area contributed by atoms with Crippen LogP contribution in [0.15, 0.2) is 36.7 Å². The number of nitrogens with one attached hydrogen (secondary N) is 1. The lowest BCUT2D eigenvalue weighted by molar-refractivity contribution is -0.140. The highest BCUT2D eigenvalue weighted by Gasteiger charge is 2.10. The van der Waals surface area contributed by atoms with E-state index in [4.69, 9.17) is 5.11 Å². The lowest BCUT2D eigenvalue weighted by Gasteiger charge is -2.08. The Morgan fingerprint density at radius 1 is 1.37 bits per heavy atom. The minimum atomic E-state index is -0.840. The van der Waals surface area contributed by atoms with Gasteiger partial charge in [-0.2, -0.15) is 0 Å². The lowest BCUT2D eigenvalue weighted by atomic mass is 10.2. The van der Waals surface area contributed by atoms with Crippen molar-refractivity contribution in [2.24, 2.45) is 5.92 Å². The third-order valence-electron chi connectivity index (χ3n) is 2.63. The van der Waals surface area contributed by atoms with E-state index in [1.54, 1.807) is 25.4 Å². The molecule has 0 fully saturated rings. The average Bonchev–Trinajstić information content (AvgIpc) is 2.46. The summed E-state index contributed by atoms with van der Waals surface area (Å²) in [5.74, 6) is -0.757. The smallest absolute Gasteiger partial charge is 0.308 e. The van der Waals surface area contributed by atoms with E-state index in [1.165, 1.54) is 0 Å². The van der Waals surface area contributed by atoms with Gasteiger partial charge in [-0.1, -0.05) is 6.92 Å². The van der Waals surface area contributed by atoms with Gasteiger partial charge in [-0.3, -0.25) is 9.78 Å². The Hall–Kier alpha value is -2.50. The van der Waals surface area contributed by atoms with E-state index in [-0.39, 0.29) is 0 Å². The number of carbonyl (C=O) groups is 1. The first-order chi connectivity index (χ1) is 9.16. The summed E-state index contributed by atoms with van der Waals surface area (Å²) in [4.78, 5) is 14.7. The predicted molar refractivity (Wildman–Crippen MR) is 70.6 cm³/mol. The lowest BCUT2D eigenvalue weighted by Crippen LogP contribution is -2.20. The Bertz CT molecular complexity index is 542. The van der Waals surface area contributed by atoms with Gasteiger partial charge in [-0.15, -0.1) is 10.2 Å². The van der Waals surface area contributed by atoms with E-state index < -0.39 is 11.9 Å². The van der Waals surface area contributed by atoms with Crippen LogP contribution in [-0.2, 0) is 4.79 Å². The van der Waals surface area contributed by atoms with Crippen LogP contribution in [0.1, 0.15) is 6.92 Å². The summed E-state index contributed by atoms with van der Waals surface area (Å²) >= 11 is 0. The van der Waals surface area contributed by atoms with Crippen LogP contribution >= 0.6 is 0 Å². The molecule has 6 heteroatoms. The van der Waals surface area contributed by atoms with Crippen molar-refractivity contribution in [2.45, 2.75) is 6.92 Å². The molecule has 6 nitrogen and oxygen atoms in total.